The molecule has 0 heterocycles. The third-order valence-electron chi connectivity index (χ3n) is 5.94. The molecule has 0 aromatic heterocycles. The highest BCUT2D eigenvalue weighted by Crippen LogP contribution is 2.26. The van der Waals surface area contributed by atoms with Crippen molar-refractivity contribution in [3.05, 3.63) is 89.4 Å². The molecule has 0 aliphatic heterocycles. The first kappa shape index (κ1) is 30.0. The van der Waals surface area contributed by atoms with Crippen molar-refractivity contribution >= 4 is 39.1 Å². The highest BCUT2D eigenvalue weighted by Gasteiger charge is 2.33. The third kappa shape index (κ3) is 7.74. The summed E-state index contributed by atoms with van der Waals surface area (Å²) in [6.07, 6.45) is 0. The maximum absolute atomic E-state index is 13.9. The van der Waals surface area contributed by atoms with E-state index >= 15 is 0 Å². The van der Waals surface area contributed by atoms with Crippen molar-refractivity contribution in [1.82, 2.24) is 10.2 Å². The molecule has 208 valence electrons. The summed E-state index contributed by atoms with van der Waals surface area (Å²) >= 11 is 6.38. The minimum absolute atomic E-state index is 0.00543. The number of nitrogens with zero attached hydrogens (tertiary/aromatic N) is 2. The number of anilines is 1. The van der Waals surface area contributed by atoms with Crippen molar-refractivity contribution in [2.75, 3.05) is 17.5 Å². The SMILES string of the molecule is CCOc1ccc(S(=O)(=O)N(CC(=O)N(Cc2ccccc2Cl)[C@H](C)C(=O)NC(C)C)c2ccccc2)cc1. The first-order valence-corrected chi connectivity index (χ1v) is 14.5. The molecular formula is C29H34ClN3O5S. The molecule has 3 aromatic carbocycles. The van der Waals surface area contributed by atoms with E-state index < -0.39 is 28.5 Å². The van der Waals surface area contributed by atoms with Gasteiger partial charge in [-0.25, -0.2) is 8.42 Å². The Morgan fingerprint density at radius 3 is 2.13 bits per heavy atom. The summed E-state index contributed by atoms with van der Waals surface area (Å²) in [6.45, 7) is 7.04. The molecule has 1 N–H and O–H groups in total. The lowest BCUT2D eigenvalue weighted by atomic mass is 10.1. The molecule has 3 aromatic rings. The zero-order chi connectivity index (χ0) is 28.6. The van der Waals surface area contributed by atoms with Crippen molar-refractivity contribution in [2.24, 2.45) is 0 Å². The minimum Gasteiger partial charge on any atom is -0.494 e. The molecule has 1 atom stereocenters. The number of hydrogen-bond acceptors (Lipinski definition) is 5. The van der Waals surface area contributed by atoms with Gasteiger partial charge in [0.25, 0.3) is 10.0 Å². The summed E-state index contributed by atoms with van der Waals surface area (Å²) < 4.78 is 34.2. The summed E-state index contributed by atoms with van der Waals surface area (Å²) in [7, 11) is -4.16. The van der Waals surface area contributed by atoms with E-state index in [4.69, 9.17) is 16.3 Å². The normalized spacial score (nSPS) is 12.1. The number of rotatable bonds is 12. The molecule has 0 bridgehead atoms. The lowest BCUT2D eigenvalue weighted by Crippen LogP contribution is -2.52. The molecule has 10 heteroatoms. The summed E-state index contributed by atoms with van der Waals surface area (Å²) in [5, 5.41) is 3.26. The molecule has 39 heavy (non-hydrogen) atoms. The average Bonchev–Trinajstić information content (AvgIpc) is 2.91. The number of hydrogen-bond donors (Lipinski definition) is 1. The predicted octanol–water partition coefficient (Wildman–Crippen LogP) is 4.88. The molecule has 0 saturated heterocycles. The highest BCUT2D eigenvalue weighted by atomic mass is 35.5. The van der Waals surface area contributed by atoms with E-state index in [1.807, 2.05) is 20.8 Å². The van der Waals surface area contributed by atoms with E-state index in [0.29, 0.717) is 28.6 Å². The van der Waals surface area contributed by atoms with Crippen LogP contribution in [0.25, 0.3) is 0 Å². The van der Waals surface area contributed by atoms with Gasteiger partial charge in [-0.3, -0.25) is 13.9 Å². The van der Waals surface area contributed by atoms with E-state index in [9.17, 15) is 18.0 Å². The topological polar surface area (TPSA) is 96.0 Å². The zero-order valence-corrected chi connectivity index (χ0v) is 24.1. The van der Waals surface area contributed by atoms with Crippen molar-refractivity contribution in [3.63, 3.8) is 0 Å². The van der Waals surface area contributed by atoms with Gasteiger partial charge in [0.15, 0.2) is 0 Å². The van der Waals surface area contributed by atoms with Crippen LogP contribution in [-0.2, 0) is 26.2 Å². The van der Waals surface area contributed by atoms with E-state index in [0.717, 1.165) is 4.31 Å². The Balaban J connectivity index is 2.00. The minimum atomic E-state index is -4.16. The van der Waals surface area contributed by atoms with Gasteiger partial charge in [-0.1, -0.05) is 48.0 Å². The number of carbonyl (C=O) groups excluding carboxylic acids is 2. The Labute approximate surface area is 235 Å². The van der Waals surface area contributed by atoms with Gasteiger partial charge >= 0.3 is 0 Å². The first-order valence-electron chi connectivity index (χ1n) is 12.7. The second kappa shape index (κ2) is 13.5. The highest BCUT2D eigenvalue weighted by molar-refractivity contribution is 7.92. The van der Waals surface area contributed by atoms with Gasteiger partial charge in [-0.05, 0) is 75.7 Å². The number of benzene rings is 3. The van der Waals surface area contributed by atoms with Crippen molar-refractivity contribution in [1.29, 1.82) is 0 Å². The quantitative estimate of drug-likeness (QED) is 0.334. The van der Waals surface area contributed by atoms with Crippen molar-refractivity contribution in [2.45, 2.75) is 51.2 Å². The Bertz CT molecular complexity index is 1370. The van der Waals surface area contributed by atoms with Crippen LogP contribution in [0.1, 0.15) is 33.3 Å². The first-order chi connectivity index (χ1) is 18.5. The molecule has 3 rings (SSSR count). The fourth-order valence-corrected chi connectivity index (χ4v) is 5.53. The summed E-state index contributed by atoms with van der Waals surface area (Å²) in [5.41, 5.74) is 0.953. The largest absolute Gasteiger partial charge is 0.494 e. The Morgan fingerprint density at radius 2 is 1.54 bits per heavy atom. The summed E-state index contributed by atoms with van der Waals surface area (Å²) in [4.78, 5) is 28.2. The zero-order valence-electron chi connectivity index (χ0n) is 22.5. The molecule has 0 spiro atoms. The number of sulfonamides is 1. The number of ether oxygens (including phenoxy) is 1. The molecule has 0 unspecified atom stereocenters. The van der Waals surface area contributed by atoms with Crippen molar-refractivity contribution in [3.8, 4) is 5.75 Å². The average molecular weight is 572 g/mol. The lowest BCUT2D eigenvalue weighted by molar-refractivity contribution is -0.139. The van der Waals surface area contributed by atoms with Crippen LogP contribution in [0.3, 0.4) is 0 Å². The number of para-hydroxylation sites is 1. The fourth-order valence-electron chi connectivity index (χ4n) is 3.92. The molecule has 0 aliphatic carbocycles. The van der Waals surface area contributed by atoms with Gasteiger partial charge in [0.1, 0.15) is 18.3 Å². The van der Waals surface area contributed by atoms with Crippen LogP contribution >= 0.6 is 11.6 Å². The maximum atomic E-state index is 13.9. The second-order valence-corrected chi connectivity index (χ2v) is 11.5. The Hall–Kier alpha value is -3.56. The van der Waals surface area contributed by atoms with E-state index in [2.05, 4.69) is 5.32 Å². The van der Waals surface area contributed by atoms with Gasteiger partial charge in [0.05, 0.1) is 17.2 Å². The number of carbonyl (C=O) groups is 2. The van der Waals surface area contributed by atoms with Gasteiger partial charge in [0.2, 0.25) is 11.8 Å². The maximum Gasteiger partial charge on any atom is 0.264 e. The van der Waals surface area contributed by atoms with E-state index in [1.165, 1.54) is 17.0 Å². The van der Waals surface area contributed by atoms with Gasteiger partial charge < -0.3 is 15.0 Å². The standard InChI is InChI=1S/C29H34ClN3O5S/c1-5-38-25-15-17-26(18-16-25)39(36,37)33(24-12-7-6-8-13-24)20-28(34)32(22(4)29(35)31-21(2)3)19-23-11-9-10-14-27(23)30/h6-18,21-22H,5,19-20H2,1-4H3,(H,31,35)/t22-/m1/s1. The molecule has 0 radical (unpaired) electrons. The smallest absolute Gasteiger partial charge is 0.264 e. The Kier molecular flexibility index (Phi) is 10.4. The van der Waals surface area contributed by atoms with Crippen LogP contribution in [0.5, 0.6) is 5.75 Å². The molecular weight excluding hydrogens is 538 g/mol. The van der Waals surface area contributed by atoms with Crippen LogP contribution in [0.4, 0.5) is 5.69 Å². The van der Waals surface area contributed by atoms with Crippen LogP contribution < -0.4 is 14.4 Å². The van der Waals surface area contributed by atoms with Crippen LogP contribution in [0.2, 0.25) is 5.02 Å². The number of amides is 2. The fraction of sp³-hybridized carbons (Fsp3) is 0.310. The second-order valence-electron chi connectivity index (χ2n) is 9.20. The number of nitrogens with one attached hydrogen (secondary N) is 1. The monoisotopic (exact) mass is 571 g/mol. The molecule has 0 saturated carbocycles. The van der Waals surface area contributed by atoms with E-state index in [1.54, 1.807) is 73.7 Å². The van der Waals surface area contributed by atoms with Crippen LogP contribution in [-0.4, -0.2) is 50.4 Å². The Morgan fingerprint density at radius 1 is 0.923 bits per heavy atom. The van der Waals surface area contributed by atoms with Crippen molar-refractivity contribution < 1.29 is 22.7 Å². The lowest BCUT2D eigenvalue weighted by Gasteiger charge is -2.32. The molecule has 8 nitrogen and oxygen atoms in total. The van der Waals surface area contributed by atoms with Gasteiger partial charge in [0, 0.05) is 17.6 Å². The van der Waals surface area contributed by atoms with Crippen LogP contribution in [0.15, 0.2) is 83.8 Å². The number of halogens is 1. The molecule has 2 amide bonds. The van der Waals surface area contributed by atoms with Gasteiger partial charge in [-0.2, -0.15) is 0 Å². The molecule has 0 aliphatic rings. The van der Waals surface area contributed by atoms with Crippen LogP contribution in [0, 0.1) is 0 Å². The predicted molar refractivity (Wildman–Crippen MR) is 153 cm³/mol. The van der Waals surface area contributed by atoms with Gasteiger partial charge in [-0.15, -0.1) is 0 Å². The molecule has 0 fully saturated rings. The van der Waals surface area contributed by atoms with E-state index in [-0.39, 0.29) is 23.4 Å². The third-order valence-corrected chi connectivity index (χ3v) is 8.10. The summed E-state index contributed by atoms with van der Waals surface area (Å²) in [6, 6.07) is 20.4. The summed E-state index contributed by atoms with van der Waals surface area (Å²) in [5.74, 6) is -0.375.